The summed E-state index contributed by atoms with van der Waals surface area (Å²) in [6.45, 7) is -1.26. The van der Waals surface area contributed by atoms with E-state index >= 15 is 0 Å². The molecule has 0 aromatic heterocycles. The zero-order valence-corrected chi connectivity index (χ0v) is 24.6. The third kappa shape index (κ3) is 5.24. The zero-order valence-electron chi connectivity index (χ0n) is 17.7. The fourth-order valence-electron chi connectivity index (χ4n) is 6.54. The van der Waals surface area contributed by atoms with E-state index in [1.165, 1.54) is 95.5 Å². The second-order valence-electron chi connectivity index (χ2n) is 9.49. The molecule has 2 unspecified atom stereocenters. The quantitative estimate of drug-likeness (QED) is 0.126. The van der Waals surface area contributed by atoms with Gasteiger partial charge in [0, 0.05) is 23.4 Å². The minimum absolute atomic E-state index is 0. The topological polar surface area (TPSA) is 0 Å². The van der Waals surface area contributed by atoms with Crippen LogP contribution in [-0.2, 0) is 19.5 Å². The van der Waals surface area contributed by atoms with E-state index < -0.39 is 6.89 Å². The number of rotatable bonds is 4. The molecule has 3 saturated carbocycles. The molecule has 0 N–H and O–H groups in total. The normalized spacial score (nSPS) is 29.8. The van der Waals surface area contributed by atoms with Crippen molar-refractivity contribution in [3.8, 4) is 0 Å². The van der Waals surface area contributed by atoms with Gasteiger partial charge >= 0.3 is 0 Å². The predicted molar refractivity (Wildman–Crippen MR) is 145 cm³/mol. The monoisotopic (exact) mass is 724 g/mol. The number of alkyl halides is 2. The van der Waals surface area contributed by atoms with Crippen LogP contribution in [0.2, 0.25) is 0 Å². The summed E-state index contributed by atoms with van der Waals surface area (Å²) in [7, 11) is 0. The van der Waals surface area contributed by atoms with Crippen molar-refractivity contribution < 1.29 is 19.5 Å². The van der Waals surface area contributed by atoms with Crippen molar-refractivity contribution in [1.29, 1.82) is 0 Å². The van der Waals surface area contributed by atoms with Crippen molar-refractivity contribution in [2.24, 2.45) is 0 Å². The Bertz CT molecular complexity index is 657. The van der Waals surface area contributed by atoms with Gasteiger partial charge in [0.1, 0.15) is 0 Å². The average molecular weight is 723 g/mol. The SMILES string of the molecule is IC1CCCCC1(I)P(=Cc1ccccc1)(C1CCCCC1)C1CCCCC1.[Ru]. The Morgan fingerprint density at radius 1 is 0.759 bits per heavy atom. The van der Waals surface area contributed by atoms with E-state index in [-0.39, 0.29) is 19.5 Å². The van der Waals surface area contributed by atoms with Crippen molar-refractivity contribution in [2.75, 3.05) is 0 Å². The predicted octanol–water partition coefficient (Wildman–Crippen LogP) is 9.03. The van der Waals surface area contributed by atoms with E-state index in [0.29, 0.717) is 3.16 Å². The molecule has 1 aromatic carbocycles. The molecule has 0 aliphatic heterocycles. The molecular formula is C25H37I2PRu. The Hall–Kier alpha value is 1.60. The summed E-state index contributed by atoms with van der Waals surface area (Å²) in [6.07, 6.45) is 20.8. The third-order valence-corrected chi connectivity index (χ3v) is 21.0. The first-order valence-corrected chi connectivity index (χ1v) is 16.1. The molecule has 0 bridgehead atoms. The van der Waals surface area contributed by atoms with Crippen LogP contribution < -0.4 is 0 Å². The molecule has 0 amide bonds. The van der Waals surface area contributed by atoms with E-state index in [0.717, 1.165) is 15.2 Å². The smallest absolute Gasteiger partial charge is 0.0539 e. The molecule has 29 heavy (non-hydrogen) atoms. The van der Waals surface area contributed by atoms with Crippen LogP contribution in [0.1, 0.15) is 95.5 Å². The number of halogens is 2. The van der Waals surface area contributed by atoms with Gasteiger partial charge in [-0.25, -0.2) is 0 Å². The van der Waals surface area contributed by atoms with E-state index in [1.807, 2.05) is 0 Å². The average Bonchev–Trinajstić information content (AvgIpc) is 2.76. The van der Waals surface area contributed by atoms with Gasteiger partial charge in [-0.15, -0.1) is 0 Å². The van der Waals surface area contributed by atoms with Crippen LogP contribution in [0.25, 0.3) is 0 Å². The molecule has 3 aliphatic rings. The van der Waals surface area contributed by atoms with Crippen molar-refractivity contribution in [1.82, 2.24) is 0 Å². The van der Waals surface area contributed by atoms with Gasteiger partial charge in [-0.05, 0) is 55.4 Å². The molecule has 1 aromatic rings. The molecule has 0 radical (unpaired) electrons. The molecule has 0 heterocycles. The van der Waals surface area contributed by atoms with Gasteiger partial charge in [0.15, 0.2) is 0 Å². The van der Waals surface area contributed by atoms with Crippen LogP contribution in [0, 0.1) is 0 Å². The molecule has 3 aliphatic carbocycles. The number of hydrogen-bond acceptors (Lipinski definition) is 0. The van der Waals surface area contributed by atoms with Gasteiger partial charge in [0.2, 0.25) is 0 Å². The molecule has 4 rings (SSSR count). The first kappa shape index (κ1) is 25.2. The van der Waals surface area contributed by atoms with Crippen LogP contribution in [0.4, 0.5) is 0 Å². The largest absolute Gasteiger partial charge is 0.0818 e. The van der Waals surface area contributed by atoms with Crippen LogP contribution >= 0.6 is 52.1 Å². The van der Waals surface area contributed by atoms with Gasteiger partial charge in [-0.3, -0.25) is 0 Å². The summed E-state index contributed by atoms with van der Waals surface area (Å²) < 4.78 is 1.39. The Kier molecular flexibility index (Phi) is 10.1. The fraction of sp³-hybridized carbons (Fsp3) is 0.720. The minimum Gasteiger partial charge on any atom is -0.0818 e. The maximum atomic E-state index is 3.07. The zero-order chi connectivity index (χ0) is 19.5. The molecule has 0 nitrogen and oxygen atoms in total. The molecule has 0 saturated heterocycles. The Labute approximate surface area is 219 Å². The van der Waals surface area contributed by atoms with E-state index in [9.17, 15) is 0 Å². The van der Waals surface area contributed by atoms with Crippen molar-refractivity contribution in [3.05, 3.63) is 35.9 Å². The first-order valence-electron chi connectivity index (χ1n) is 11.8. The summed E-state index contributed by atoms with van der Waals surface area (Å²) in [5, 5.41) is 0. The second-order valence-corrected chi connectivity index (χ2v) is 18.0. The molecule has 3 fully saturated rings. The Morgan fingerprint density at radius 3 is 1.79 bits per heavy atom. The standard InChI is InChI=1S/C25H37I2P.Ru/c26-24-18-10-11-19-25(24,27)28(22-14-6-2-7-15-22,23-16-8-3-9-17-23)20-21-12-4-1-5-13-21;/h1,4-5,12-13,20,22-24H,2-3,6-11,14-19H2;. The van der Waals surface area contributed by atoms with Gasteiger partial charge in [-0.1, -0.05) is 140 Å². The van der Waals surface area contributed by atoms with E-state index in [4.69, 9.17) is 0 Å². The minimum atomic E-state index is -1.26. The van der Waals surface area contributed by atoms with Crippen LogP contribution in [0.15, 0.2) is 30.3 Å². The summed E-state index contributed by atoms with van der Waals surface area (Å²) >= 11 is 5.97. The summed E-state index contributed by atoms with van der Waals surface area (Å²) in [6, 6.07) is 11.5. The second kappa shape index (κ2) is 11.6. The number of benzene rings is 1. The van der Waals surface area contributed by atoms with E-state index in [1.54, 1.807) is 0 Å². The number of hydrogen-bond donors (Lipinski definition) is 0. The molecule has 4 heteroatoms. The van der Waals surface area contributed by atoms with Crippen LogP contribution in [0.5, 0.6) is 0 Å². The molecule has 0 spiro atoms. The Balaban J connectivity index is 0.00000240. The third-order valence-electron chi connectivity index (χ3n) is 7.88. The van der Waals surface area contributed by atoms with Crippen molar-refractivity contribution in [2.45, 2.75) is 108 Å². The molecular weight excluding hydrogens is 686 g/mol. The van der Waals surface area contributed by atoms with Gasteiger partial charge in [-0.2, -0.15) is 0 Å². The van der Waals surface area contributed by atoms with Crippen molar-refractivity contribution in [3.63, 3.8) is 0 Å². The first-order chi connectivity index (χ1) is 13.7. The summed E-state index contributed by atoms with van der Waals surface area (Å²) in [4.78, 5) is 0. The summed E-state index contributed by atoms with van der Waals surface area (Å²) in [5.41, 5.74) is 3.53. The fourth-order valence-corrected chi connectivity index (χ4v) is 18.9. The van der Waals surface area contributed by atoms with Crippen LogP contribution in [0.3, 0.4) is 0 Å². The summed E-state index contributed by atoms with van der Waals surface area (Å²) in [5.74, 6) is 2.96. The van der Waals surface area contributed by atoms with E-state index in [2.05, 4.69) is 81.3 Å². The van der Waals surface area contributed by atoms with Gasteiger partial charge in [0.05, 0.1) is 3.16 Å². The molecule has 164 valence electrons. The van der Waals surface area contributed by atoms with Crippen molar-refractivity contribution >= 4 is 57.9 Å². The Morgan fingerprint density at radius 2 is 1.28 bits per heavy atom. The maximum Gasteiger partial charge on any atom is 0.0539 e. The maximum absolute atomic E-state index is 3.07. The molecule has 2 atom stereocenters. The van der Waals surface area contributed by atoms with Crippen LogP contribution in [-0.4, -0.2) is 24.2 Å². The van der Waals surface area contributed by atoms with Gasteiger partial charge < -0.3 is 0 Å². The van der Waals surface area contributed by atoms with Gasteiger partial charge in [0.25, 0.3) is 0 Å².